The Balaban J connectivity index is 1.57. The first-order valence-corrected chi connectivity index (χ1v) is 11.8. The number of carboxylic acid groups (broad SMARTS) is 1. The Labute approximate surface area is 201 Å². The van der Waals surface area contributed by atoms with Crippen LogP contribution in [0.4, 0.5) is 0 Å². The van der Waals surface area contributed by atoms with Crippen molar-refractivity contribution in [3.05, 3.63) is 64.9 Å². The number of hydrogen-bond acceptors (Lipinski definition) is 7. The highest BCUT2D eigenvalue weighted by molar-refractivity contribution is 8.26. The van der Waals surface area contributed by atoms with Gasteiger partial charge in [-0.2, -0.15) is 5.10 Å². The lowest BCUT2D eigenvalue weighted by atomic mass is 10.2. The molecule has 3 heterocycles. The molecule has 2 aromatic heterocycles. The van der Waals surface area contributed by atoms with Crippen LogP contribution in [0.25, 0.3) is 23.2 Å². The van der Waals surface area contributed by atoms with Crippen LogP contribution in [0.15, 0.2) is 58.0 Å². The summed E-state index contributed by atoms with van der Waals surface area (Å²) in [5.41, 5.74) is 2.29. The molecule has 0 aliphatic carbocycles. The first-order chi connectivity index (χ1) is 15.9. The van der Waals surface area contributed by atoms with Crippen molar-refractivity contribution in [2.45, 2.75) is 32.6 Å². The van der Waals surface area contributed by atoms with Gasteiger partial charge >= 0.3 is 0 Å². The molecule has 1 amide bonds. The summed E-state index contributed by atoms with van der Waals surface area (Å²) in [6.07, 6.45) is 5.59. The number of aromatic nitrogens is 2. The van der Waals surface area contributed by atoms with Gasteiger partial charge in [0, 0.05) is 24.3 Å². The normalized spacial score (nSPS) is 15.1. The molecule has 0 N–H and O–H groups in total. The van der Waals surface area contributed by atoms with Crippen LogP contribution >= 0.6 is 24.0 Å². The molecule has 7 nitrogen and oxygen atoms in total. The maximum atomic E-state index is 13.0. The van der Waals surface area contributed by atoms with E-state index in [2.05, 4.69) is 0 Å². The highest BCUT2D eigenvalue weighted by Crippen LogP contribution is 2.35. The Morgan fingerprint density at radius 3 is 2.67 bits per heavy atom. The van der Waals surface area contributed by atoms with E-state index in [4.69, 9.17) is 21.7 Å². The van der Waals surface area contributed by atoms with E-state index in [1.54, 1.807) is 15.7 Å². The number of thioether (sulfide) groups is 1. The molecule has 1 aromatic carbocycles. The number of furan rings is 1. The van der Waals surface area contributed by atoms with Gasteiger partial charge in [0.25, 0.3) is 5.91 Å². The lowest BCUT2D eigenvalue weighted by molar-refractivity contribution is -0.305. The quantitative estimate of drug-likeness (QED) is 0.260. The predicted octanol–water partition coefficient (Wildman–Crippen LogP) is 3.95. The van der Waals surface area contributed by atoms with Gasteiger partial charge in [0.1, 0.15) is 15.8 Å². The minimum absolute atomic E-state index is 0.0265. The summed E-state index contributed by atoms with van der Waals surface area (Å²) in [7, 11) is 0. The molecule has 9 heteroatoms. The van der Waals surface area contributed by atoms with E-state index in [0.29, 0.717) is 46.5 Å². The largest absolute Gasteiger partial charge is 0.550 e. The zero-order valence-corrected chi connectivity index (χ0v) is 19.7. The third-order valence-electron chi connectivity index (χ3n) is 5.16. The fourth-order valence-electron chi connectivity index (χ4n) is 3.51. The number of carbonyl (C=O) groups excluding carboxylic acids is 2. The molecule has 0 atom stereocenters. The Kier molecular flexibility index (Phi) is 7.10. The highest BCUT2D eigenvalue weighted by Gasteiger charge is 2.32. The monoisotopic (exact) mass is 480 g/mol. The zero-order valence-electron chi connectivity index (χ0n) is 18.0. The SMILES string of the molecule is Cc1ccc(-c2nn(-c3ccccc3)cc2/C=C2\SC(=S)N(CCCCCC(=O)[O-])C2=O)o1. The standard InChI is InChI=1S/C24H23N3O4S2/c1-16-11-12-19(31-16)22-17(15-27(25-22)18-8-4-2-5-9-18)14-20-23(30)26(24(32)33-20)13-7-3-6-10-21(28)29/h2,4-5,8-9,11-12,14-15H,3,6-7,10,13H2,1H3,(H,28,29)/p-1/b20-14-. The number of carboxylic acids is 1. The Morgan fingerprint density at radius 1 is 1.18 bits per heavy atom. The molecular weight excluding hydrogens is 458 g/mol. The third kappa shape index (κ3) is 5.43. The number of rotatable bonds is 9. The number of aryl methyl sites for hydroxylation is 1. The molecule has 1 aliphatic rings. The average molecular weight is 481 g/mol. The summed E-state index contributed by atoms with van der Waals surface area (Å²) >= 11 is 6.68. The molecule has 33 heavy (non-hydrogen) atoms. The summed E-state index contributed by atoms with van der Waals surface area (Å²) in [5, 5.41) is 15.3. The average Bonchev–Trinajstić information content (AvgIpc) is 3.48. The van der Waals surface area contributed by atoms with Gasteiger partial charge in [-0.25, -0.2) is 4.68 Å². The number of hydrogen-bond donors (Lipinski definition) is 0. The van der Waals surface area contributed by atoms with Crippen molar-refractivity contribution in [2.24, 2.45) is 0 Å². The van der Waals surface area contributed by atoms with Crippen molar-refractivity contribution < 1.29 is 19.1 Å². The van der Waals surface area contributed by atoms with E-state index in [-0.39, 0.29) is 12.3 Å². The van der Waals surface area contributed by atoms with E-state index in [0.717, 1.165) is 17.0 Å². The second-order valence-electron chi connectivity index (χ2n) is 7.64. The minimum atomic E-state index is -1.05. The van der Waals surface area contributed by atoms with E-state index >= 15 is 0 Å². The fraction of sp³-hybridized carbons (Fsp3) is 0.250. The smallest absolute Gasteiger partial charge is 0.266 e. The molecule has 0 spiro atoms. The van der Waals surface area contributed by atoms with E-state index in [9.17, 15) is 14.7 Å². The number of unbranched alkanes of at least 4 members (excludes halogenated alkanes) is 2. The second-order valence-corrected chi connectivity index (χ2v) is 9.32. The number of amides is 1. The molecule has 0 bridgehead atoms. The van der Waals surface area contributed by atoms with Gasteiger partial charge in [0.05, 0.1) is 10.6 Å². The van der Waals surface area contributed by atoms with Gasteiger partial charge in [0.15, 0.2) is 5.76 Å². The molecule has 0 saturated carbocycles. The van der Waals surface area contributed by atoms with Crippen molar-refractivity contribution in [1.29, 1.82) is 0 Å². The van der Waals surface area contributed by atoms with E-state index in [1.807, 2.05) is 55.6 Å². The van der Waals surface area contributed by atoms with E-state index < -0.39 is 5.97 Å². The van der Waals surface area contributed by atoms with Gasteiger partial charge in [-0.3, -0.25) is 9.69 Å². The number of para-hydroxylation sites is 1. The van der Waals surface area contributed by atoms with Crippen molar-refractivity contribution in [2.75, 3.05) is 6.54 Å². The summed E-state index contributed by atoms with van der Waals surface area (Å²) in [6, 6.07) is 13.5. The van der Waals surface area contributed by atoms with Crippen molar-refractivity contribution in [3.8, 4) is 17.1 Å². The number of aliphatic carboxylic acids is 1. The summed E-state index contributed by atoms with van der Waals surface area (Å²) < 4.78 is 8.06. The van der Waals surface area contributed by atoms with Crippen LogP contribution in [0.2, 0.25) is 0 Å². The first kappa shape index (κ1) is 23.0. The molecular formula is C24H22N3O4S2-. The summed E-state index contributed by atoms with van der Waals surface area (Å²) in [5.74, 6) is 0.188. The number of thiocarbonyl (C=S) groups is 1. The Bertz CT molecular complexity index is 1210. The van der Waals surface area contributed by atoms with Crippen LogP contribution in [-0.2, 0) is 9.59 Å². The number of benzene rings is 1. The Hall–Kier alpha value is -3.17. The highest BCUT2D eigenvalue weighted by atomic mass is 32.2. The van der Waals surface area contributed by atoms with Crippen molar-refractivity contribution in [1.82, 2.24) is 14.7 Å². The van der Waals surface area contributed by atoms with Crippen LogP contribution < -0.4 is 5.11 Å². The predicted molar refractivity (Wildman–Crippen MR) is 129 cm³/mol. The van der Waals surface area contributed by atoms with Gasteiger partial charge < -0.3 is 14.3 Å². The molecule has 4 rings (SSSR count). The lowest BCUT2D eigenvalue weighted by Crippen LogP contribution is -2.29. The molecule has 1 fully saturated rings. The first-order valence-electron chi connectivity index (χ1n) is 10.6. The zero-order chi connectivity index (χ0) is 23.4. The van der Waals surface area contributed by atoms with Crippen LogP contribution in [0, 0.1) is 6.92 Å². The van der Waals surface area contributed by atoms with Crippen LogP contribution in [0.3, 0.4) is 0 Å². The molecule has 0 unspecified atom stereocenters. The molecule has 1 saturated heterocycles. The van der Waals surface area contributed by atoms with Crippen molar-refractivity contribution >= 4 is 46.3 Å². The molecule has 170 valence electrons. The van der Waals surface area contributed by atoms with Crippen molar-refractivity contribution in [3.63, 3.8) is 0 Å². The maximum absolute atomic E-state index is 13.0. The van der Waals surface area contributed by atoms with Gasteiger partial charge in [-0.1, -0.05) is 48.6 Å². The summed E-state index contributed by atoms with van der Waals surface area (Å²) in [4.78, 5) is 25.7. The van der Waals surface area contributed by atoms with Crippen LogP contribution in [0.5, 0.6) is 0 Å². The summed E-state index contributed by atoms with van der Waals surface area (Å²) in [6.45, 7) is 2.33. The minimum Gasteiger partial charge on any atom is -0.550 e. The molecule has 3 aromatic rings. The molecule has 1 aliphatic heterocycles. The van der Waals surface area contributed by atoms with Gasteiger partial charge in [0.2, 0.25) is 0 Å². The Morgan fingerprint density at radius 2 is 1.97 bits per heavy atom. The fourth-order valence-corrected chi connectivity index (χ4v) is 4.81. The van der Waals surface area contributed by atoms with Gasteiger partial charge in [-0.15, -0.1) is 0 Å². The third-order valence-corrected chi connectivity index (χ3v) is 6.54. The molecule has 0 radical (unpaired) electrons. The second kappa shape index (κ2) is 10.2. The number of nitrogens with zero attached hydrogens (tertiary/aromatic N) is 3. The van der Waals surface area contributed by atoms with Crippen LogP contribution in [0.1, 0.15) is 37.0 Å². The topological polar surface area (TPSA) is 91.4 Å². The maximum Gasteiger partial charge on any atom is 0.266 e. The number of carbonyl (C=O) groups is 2. The van der Waals surface area contributed by atoms with Crippen LogP contribution in [-0.4, -0.2) is 37.4 Å². The lowest BCUT2D eigenvalue weighted by Gasteiger charge is -2.14. The van der Waals surface area contributed by atoms with E-state index in [1.165, 1.54) is 11.8 Å². The van der Waals surface area contributed by atoms with Gasteiger partial charge in [-0.05, 0) is 56.5 Å².